The van der Waals surface area contributed by atoms with Gasteiger partial charge >= 0.3 is 0 Å². The number of piperazine rings is 1. The standard InChI is InChI=1S/C11H17N5O3S/c1-3-12-11-14-6-9(7-15-11)20(18,19)16-5-4-13-10(17)8(16)2/h6-8H,3-5H2,1-2H3,(H,13,17)(H,12,14,15). The highest BCUT2D eigenvalue weighted by molar-refractivity contribution is 7.89. The zero-order chi connectivity index (χ0) is 14.8. The first-order valence-corrected chi connectivity index (χ1v) is 7.76. The van der Waals surface area contributed by atoms with Crippen molar-refractivity contribution in [2.45, 2.75) is 24.8 Å². The van der Waals surface area contributed by atoms with Gasteiger partial charge in [0.05, 0.1) is 12.4 Å². The predicted molar refractivity (Wildman–Crippen MR) is 72.6 cm³/mol. The lowest BCUT2D eigenvalue weighted by Crippen LogP contribution is -2.55. The molecule has 0 aromatic carbocycles. The van der Waals surface area contributed by atoms with Gasteiger partial charge in [-0.05, 0) is 13.8 Å². The third kappa shape index (κ3) is 2.73. The molecule has 1 unspecified atom stereocenters. The van der Waals surface area contributed by atoms with Crippen LogP contribution in [0.15, 0.2) is 17.3 Å². The highest BCUT2D eigenvalue weighted by Gasteiger charge is 2.35. The fraction of sp³-hybridized carbons (Fsp3) is 0.545. The van der Waals surface area contributed by atoms with Crippen molar-refractivity contribution in [1.29, 1.82) is 0 Å². The van der Waals surface area contributed by atoms with Crippen molar-refractivity contribution < 1.29 is 13.2 Å². The van der Waals surface area contributed by atoms with Crippen molar-refractivity contribution in [2.24, 2.45) is 0 Å². The third-order valence-electron chi connectivity index (χ3n) is 3.01. The molecule has 2 heterocycles. The van der Waals surface area contributed by atoms with E-state index in [4.69, 9.17) is 0 Å². The maximum absolute atomic E-state index is 12.5. The summed E-state index contributed by atoms with van der Waals surface area (Å²) in [5.41, 5.74) is 0. The number of aromatic nitrogens is 2. The van der Waals surface area contributed by atoms with Gasteiger partial charge in [-0.3, -0.25) is 4.79 Å². The molecule has 1 aromatic rings. The molecule has 9 heteroatoms. The second kappa shape index (κ2) is 5.71. The molecular weight excluding hydrogens is 282 g/mol. The molecule has 0 aliphatic carbocycles. The number of rotatable bonds is 4. The summed E-state index contributed by atoms with van der Waals surface area (Å²) in [5.74, 6) is 0.0703. The van der Waals surface area contributed by atoms with Gasteiger partial charge in [0, 0.05) is 19.6 Å². The Bertz CT molecular complexity index is 587. The molecule has 2 N–H and O–H groups in total. The smallest absolute Gasteiger partial charge is 0.246 e. The van der Waals surface area contributed by atoms with Gasteiger partial charge in [-0.1, -0.05) is 0 Å². The maximum atomic E-state index is 12.5. The number of carbonyl (C=O) groups excluding carboxylic acids is 1. The van der Waals surface area contributed by atoms with E-state index < -0.39 is 16.1 Å². The van der Waals surface area contributed by atoms with E-state index in [1.807, 2.05) is 6.92 Å². The molecule has 110 valence electrons. The molecule has 1 amide bonds. The summed E-state index contributed by atoms with van der Waals surface area (Å²) in [4.78, 5) is 19.4. The number of hydrogen-bond donors (Lipinski definition) is 2. The molecule has 1 atom stereocenters. The van der Waals surface area contributed by atoms with E-state index in [1.165, 1.54) is 12.4 Å². The largest absolute Gasteiger partial charge is 0.355 e. The van der Waals surface area contributed by atoms with Gasteiger partial charge < -0.3 is 10.6 Å². The Kier molecular flexibility index (Phi) is 4.19. The number of nitrogens with zero attached hydrogens (tertiary/aromatic N) is 3. The number of anilines is 1. The van der Waals surface area contributed by atoms with Crippen LogP contribution in [-0.2, 0) is 14.8 Å². The van der Waals surface area contributed by atoms with E-state index >= 15 is 0 Å². The second-order valence-corrected chi connectivity index (χ2v) is 6.25. The zero-order valence-electron chi connectivity index (χ0n) is 11.3. The van der Waals surface area contributed by atoms with Crippen molar-refractivity contribution in [3.05, 3.63) is 12.4 Å². The van der Waals surface area contributed by atoms with Crippen molar-refractivity contribution >= 4 is 21.9 Å². The maximum Gasteiger partial charge on any atom is 0.246 e. The minimum atomic E-state index is -3.76. The van der Waals surface area contributed by atoms with Crippen LogP contribution in [0.25, 0.3) is 0 Å². The summed E-state index contributed by atoms with van der Waals surface area (Å²) in [5, 5.41) is 5.51. The molecule has 20 heavy (non-hydrogen) atoms. The van der Waals surface area contributed by atoms with Crippen LogP contribution < -0.4 is 10.6 Å². The molecule has 2 rings (SSSR count). The van der Waals surface area contributed by atoms with Crippen LogP contribution in [0.1, 0.15) is 13.8 Å². The molecule has 0 spiro atoms. The lowest BCUT2D eigenvalue weighted by molar-refractivity contribution is -0.126. The Morgan fingerprint density at radius 1 is 1.45 bits per heavy atom. The van der Waals surface area contributed by atoms with Gasteiger partial charge in [-0.15, -0.1) is 0 Å². The number of amides is 1. The first-order chi connectivity index (χ1) is 9.46. The summed E-state index contributed by atoms with van der Waals surface area (Å²) in [7, 11) is -3.76. The zero-order valence-corrected chi connectivity index (χ0v) is 12.1. The molecule has 8 nitrogen and oxygen atoms in total. The summed E-state index contributed by atoms with van der Waals surface area (Å²) in [6, 6.07) is -0.734. The first-order valence-electron chi connectivity index (χ1n) is 6.32. The molecule has 1 aliphatic heterocycles. The number of sulfonamides is 1. The van der Waals surface area contributed by atoms with E-state index in [0.717, 1.165) is 4.31 Å². The fourth-order valence-electron chi connectivity index (χ4n) is 1.92. The minimum absolute atomic E-state index is 0.0132. The van der Waals surface area contributed by atoms with Crippen molar-refractivity contribution in [3.63, 3.8) is 0 Å². The Hall–Kier alpha value is -1.74. The normalized spacial score (nSPS) is 20.5. The van der Waals surface area contributed by atoms with Crippen LogP contribution in [-0.4, -0.2) is 54.3 Å². The summed E-state index contributed by atoms with van der Waals surface area (Å²) in [6.07, 6.45) is 2.50. The van der Waals surface area contributed by atoms with E-state index in [0.29, 0.717) is 19.0 Å². The van der Waals surface area contributed by atoms with Crippen LogP contribution in [0, 0.1) is 0 Å². The minimum Gasteiger partial charge on any atom is -0.355 e. The molecule has 0 radical (unpaired) electrons. The van der Waals surface area contributed by atoms with E-state index in [2.05, 4.69) is 20.6 Å². The van der Waals surface area contributed by atoms with Gasteiger partial charge in [0.15, 0.2) is 0 Å². The van der Waals surface area contributed by atoms with Crippen molar-refractivity contribution in [3.8, 4) is 0 Å². The average molecular weight is 299 g/mol. The second-order valence-electron chi connectivity index (χ2n) is 4.36. The SMILES string of the molecule is CCNc1ncc(S(=O)(=O)N2CCNC(=O)C2C)cn1. The molecule has 1 aromatic heterocycles. The van der Waals surface area contributed by atoms with Crippen LogP contribution in [0.4, 0.5) is 5.95 Å². The number of nitrogens with one attached hydrogen (secondary N) is 2. The molecule has 1 aliphatic rings. The Morgan fingerprint density at radius 3 is 2.70 bits per heavy atom. The topological polar surface area (TPSA) is 104 Å². The van der Waals surface area contributed by atoms with Gasteiger partial charge in [-0.2, -0.15) is 4.31 Å². The highest BCUT2D eigenvalue weighted by Crippen LogP contribution is 2.18. The summed E-state index contributed by atoms with van der Waals surface area (Å²) in [6.45, 7) is 4.64. The summed E-state index contributed by atoms with van der Waals surface area (Å²) < 4.78 is 26.1. The first kappa shape index (κ1) is 14.7. The van der Waals surface area contributed by atoms with Gasteiger partial charge in [0.25, 0.3) is 0 Å². The number of carbonyl (C=O) groups is 1. The molecule has 1 saturated heterocycles. The molecule has 1 fully saturated rings. The van der Waals surface area contributed by atoms with E-state index in [9.17, 15) is 13.2 Å². The Morgan fingerprint density at radius 2 is 2.10 bits per heavy atom. The lowest BCUT2D eigenvalue weighted by atomic mass is 10.2. The predicted octanol–water partition coefficient (Wildman–Crippen LogP) is -0.583. The Labute approximate surface area is 117 Å². The van der Waals surface area contributed by atoms with Gasteiger partial charge in [0.1, 0.15) is 10.9 Å². The molecular formula is C11H17N5O3S. The van der Waals surface area contributed by atoms with Crippen molar-refractivity contribution in [2.75, 3.05) is 25.0 Å². The third-order valence-corrected chi connectivity index (χ3v) is 4.94. The van der Waals surface area contributed by atoms with E-state index in [-0.39, 0.29) is 17.3 Å². The molecule has 0 saturated carbocycles. The number of hydrogen-bond acceptors (Lipinski definition) is 6. The fourth-order valence-corrected chi connectivity index (χ4v) is 3.41. The lowest BCUT2D eigenvalue weighted by Gasteiger charge is -2.31. The van der Waals surface area contributed by atoms with Crippen LogP contribution in [0.5, 0.6) is 0 Å². The summed E-state index contributed by atoms with van der Waals surface area (Å²) >= 11 is 0. The average Bonchev–Trinajstić information content (AvgIpc) is 2.42. The van der Waals surface area contributed by atoms with Gasteiger partial charge in [-0.25, -0.2) is 18.4 Å². The van der Waals surface area contributed by atoms with Crippen molar-refractivity contribution in [1.82, 2.24) is 19.6 Å². The van der Waals surface area contributed by atoms with Crippen LogP contribution in [0.2, 0.25) is 0 Å². The van der Waals surface area contributed by atoms with Crippen LogP contribution in [0.3, 0.4) is 0 Å². The molecule has 0 bridgehead atoms. The monoisotopic (exact) mass is 299 g/mol. The quantitative estimate of drug-likeness (QED) is 0.770. The van der Waals surface area contributed by atoms with Crippen LogP contribution >= 0.6 is 0 Å². The highest BCUT2D eigenvalue weighted by atomic mass is 32.2. The van der Waals surface area contributed by atoms with E-state index in [1.54, 1.807) is 6.92 Å². The Balaban J connectivity index is 2.27. The van der Waals surface area contributed by atoms with Gasteiger partial charge in [0.2, 0.25) is 21.9 Å².